The first kappa shape index (κ1) is 20.7. The third kappa shape index (κ3) is 4.64. The first-order chi connectivity index (χ1) is 15.2. The number of benzene rings is 2. The molecule has 1 amide bonds. The van der Waals surface area contributed by atoms with Crippen molar-refractivity contribution < 1.29 is 13.9 Å². The molecule has 0 unspecified atom stereocenters. The van der Waals surface area contributed by atoms with Crippen LogP contribution < -0.4 is 10.1 Å². The second-order valence-electron chi connectivity index (χ2n) is 6.77. The minimum absolute atomic E-state index is 0.117. The minimum Gasteiger partial charge on any atom is -0.495 e. The van der Waals surface area contributed by atoms with Crippen LogP contribution in [0.25, 0.3) is 17.1 Å². The van der Waals surface area contributed by atoms with E-state index in [0.717, 1.165) is 16.8 Å². The van der Waals surface area contributed by atoms with Crippen LogP contribution in [-0.4, -0.2) is 33.5 Å². The zero-order valence-electron chi connectivity index (χ0n) is 17.2. The van der Waals surface area contributed by atoms with Crippen molar-refractivity contribution in [2.75, 3.05) is 12.9 Å². The lowest BCUT2D eigenvalue weighted by Gasteiger charge is -2.14. The van der Waals surface area contributed by atoms with Gasteiger partial charge in [0.15, 0.2) is 11.0 Å². The molecule has 4 rings (SSSR count). The summed E-state index contributed by atoms with van der Waals surface area (Å²) in [5.74, 6) is 2.18. The fourth-order valence-electron chi connectivity index (χ4n) is 3.17. The summed E-state index contributed by atoms with van der Waals surface area (Å²) < 4.78 is 12.8. The summed E-state index contributed by atoms with van der Waals surface area (Å²) in [5, 5.41) is 12.3. The lowest BCUT2D eigenvalue weighted by Crippen LogP contribution is -2.24. The van der Waals surface area contributed by atoms with Gasteiger partial charge in [-0.3, -0.25) is 9.36 Å². The topological polar surface area (TPSA) is 82.2 Å². The Balaban J connectivity index is 1.63. The van der Waals surface area contributed by atoms with Crippen LogP contribution >= 0.6 is 11.8 Å². The minimum atomic E-state index is -0.117. The van der Waals surface area contributed by atoms with E-state index in [1.54, 1.807) is 19.4 Å². The average Bonchev–Trinajstić information content (AvgIpc) is 3.46. The van der Waals surface area contributed by atoms with Crippen molar-refractivity contribution in [3.05, 3.63) is 78.3 Å². The van der Waals surface area contributed by atoms with Gasteiger partial charge in [-0.05, 0) is 36.8 Å². The molecule has 0 radical (unpaired) electrons. The number of carbonyl (C=O) groups excluding carboxylic acids is 1. The second kappa shape index (κ2) is 9.53. The quantitative estimate of drug-likeness (QED) is 0.418. The van der Waals surface area contributed by atoms with Crippen molar-refractivity contribution in [1.29, 1.82) is 0 Å². The number of para-hydroxylation sites is 2. The molecule has 4 aromatic rings. The summed E-state index contributed by atoms with van der Waals surface area (Å²) >= 11 is 1.32. The lowest BCUT2D eigenvalue weighted by atomic mass is 10.1. The number of hydrogen-bond acceptors (Lipinski definition) is 6. The Labute approximate surface area is 184 Å². The maximum absolute atomic E-state index is 12.4. The van der Waals surface area contributed by atoms with E-state index in [0.29, 0.717) is 29.0 Å². The monoisotopic (exact) mass is 434 g/mol. The maximum Gasteiger partial charge on any atom is 0.230 e. The van der Waals surface area contributed by atoms with Gasteiger partial charge in [-0.1, -0.05) is 48.2 Å². The van der Waals surface area contributed by atoms with Crippen LogP contribution in [0.5, 0.6) is 5.75 Å². The van der Waals surface area contributed by atoms with E-state index in [2.05, 4.69) is 15.5 Å². The highest BCUT2D eigenvalue weighted by molar-refractivity contribution is 7.99. The van der Waals surface area contributed by atoms with Crippen LogP contribution in [0.4, 0.5) is 0 Å². The molecule has 158 valence electrons. The number of amides is 1. The van der Waals surface area contributed by atoms with Gasteiger partial charge in [-0.2, -0.15) is 0 Å². The lowest BCUT2D eigenvalue weighted by molar-refractivity contribution is -0.118. The van der Waals surface area contributed by atoms with Crippen molar-refractivity contribution in [2.45, 2.75) is 18.6 Å². The first-order valence-electron chi connectivity index (χ1n) is 9.74. The van der Waals surface area contributed by atoms with Gasteiger partial charge in [0, 0.05) is 5.56 Å². The Morgan fingerprint density at radius 1 is 1.10 bits per heavy atom. The summed E-state index contributed by atoms with van der Waals surface area (Å²) in [6, 6.07) is 19.3. The van der Waals surface area contributed by atoms with Crippen LogP contribution in [0, 0.1) is 6.92 Å². The predicted molar refractivity (Wildman–Crippen MR) is 119 cm³/mol. The number of nitrogens with zero attached hydrogens (tertiary/aromatic N) is 3. The first-order valence-corrected chi connectivity index (χ1v) is 10.7. The number of carbonyl (C=O) groups is 1. The molecule has 0 atom stereocenters. The molecular formula is C23H22N4O3S. The number of nitrogens with one attached hydrogen (secondary N) is 1. The van der Waals surface area contributed by atoms with Gasteiger partial charge in [0.2, 0.25) is 5.91 Å². The van der Waals surface area contributed by atoms with Crippen molar-refractivity contribution >= 4 is 17.7 Å². The maximum atomic E-state index is 12.4. The fourth-order valence-corrected chi connectivity index (χ4v) is 3.95. The Bertz CT molecular complexity index is 1170. The van der Waals surface area contributed by atoms with E-state index in [1.165, 1.54) is 11.8 Å². The number of hydrogen-bond donors (Lipinski definition) is 1. The molecule has 8 heteroatoms. The number of ether oxygens (including phenoxy) is 1. The molecule has 0 fully saturated rings. The van der Waals surface area contributed by atoms with Crippen molar-refractivity contribution in [2.24, 2.45) is 0 Å². The third-order valence-corrected chi connectivity index (χ3v) is 5.65. The van der Waals surface area contributed by atoms with Crippen molar-refractivity contribution in [3.63, 3.8) is 0 Å². The SMILES string of the molecule is COc1ccccc1-n1c(SCC(=O)NCc2ccco2)nnc1-c1ccccc1C. The number of rotatable bonds is 8. The molecule has 2 aromatic carbocycles. The van der Waals surface area contributed by atoms with Crippen LogP contribution in [0.3, 0.4) is 0 Å². The highest BCUT2D eigenvalue weighted by Gasteiger charge is 2.20. The van der Waals surface area contributed by atoms with E-state index in [9.17, 15) is 4.79 Å². The summed E-state index contributed by atoms with van der Waals surface area (Å²) in [6.45, 7) is 2.38. The van der Waals surface area contributed by atoms with Gasteiger partial charge < -0.3 is 14.5 Å². The average molecular weight is 435 g/mol. The summed E-state index contributed by atoms with van der Waals surface area (Å²) in [5.41, 5.74) is 2.86. The van der Waals surface area contributed by atoms with E-state index in [-0.39, 0.29) is 11.7 Å². The molecule has 2 aromatic heterocycles. The highest BCUT2D eigenvalue weighted by atomic mass is 32.2. The van der Waals surface area contributed by atoms with Crippen molar-refractivity contribution in [3.8, 4) is 22.8 Å². The Kier molecular flexibility index (Phi) is 6.37. The normalized spacial score (nSPS) is 10.8. The van der Waals surface area contributed by atoms with Gasteiger partial charge in [0.25, 0.3) is 0 Å². The number of thioether (sulfide) groups is 1. The smallest absolute Gasteiger partial charge is 0.230 e. The van der Waals surface area contributed by atoms with E-state index in [4.69, 9.17) is 9.15 Å². The molecule has 2 heterocycles. The summed E-state index contributed by atoms with van der Waals surface area (Å²) in [7, 11) is 1.63. The number of methoxy groups -OCH3 is 1. The number of furan rings is 1. The highest BCUT2D eigenvalue weighted by Crippen LogP contribution is 2.33. The van der Waals surface area contributed by atoms with E-state index >= 15 is 0 Å². The Hall–Kier alpha value is -3.52. The molecule has 1 N–H and O–H groups in total. The largest absolute Gasteiger partial charge is 0.495 e. The molecule has 0 spiro atoms. The number of aryl methyl sites for hydroxylation is 1. The summed E-state index contributed by atoms with van der Waals surface area (Å²) in [4.78, 5) is 12.4. The number of aromatic nitrogens is 3. The van der Waals surface area contributed by atoms with E-state index < -0.39 is 0 Å². The molecule has 0 bridgehead atoms. The molecular weight excluding hydrogens is 412 g/mol. The van der Waals surface area contributed by atoms with E-state index in [1.807, 2.05) is 66.1 Å². The Morgan fingerprint density at radius 3 is 2.68 bits per heavy atom. The molecule has 31 heavy (non-hydrogen) atoms. The Morgan fingerprint density at radius 2 is 1.90 bits per heavy atom. The van der Waals surface area contributed by atoms with Gasteiger partial charge in [0.05, 0.1) is 31.4 Å². The fraction of sp³-hybridized carbons (Fsp3) is 0.174. The van der Waals surface area contributed by atoms with Gasteiger partial charge in [0.1, 0.15) is 11.5 Å². The zero-order valence-corrected chi connectivity index (χ0v) is 18.1. The zero-order chi connectivity index (χ0) is 21.6. The second-order valence-corrected chi connectivity index (χ2v) is 7.72. The van der Waals surface area contributed by atoms with Gasteiger partial charge in [-0.15, -0.1) is 10.2 Å². The van der Waals surface area contributed by atoms with Crippen LogP contribution in [0.15, 0.2) is 76.5 Å². The predicted octanol–water partition coefficient (Wildman–Crippen LogP) is 4.25. The molecule has 0 aliphatic rings. The molecule has 0 saturated carbocycles. The van der Waals surface area contributed by atoms with Gasteiger partial charge >= 0.3 is 0 Å². The molecule has 0 aliphatic heterocycles. The van der Waals surface area contributed by atoms with Crippen LogP contribution in [0.1, 0.15) is 11.3 Å². The van der Waals surface area contributed by atoms with Gasteiger partial charge in [-0.25, -0.2) is 0 Å². The van der Waals surface area contributed by atoms with Crippen LogP contribution in [0.2, 0.25) is 0 Å². The third-order valence-electron chi connectivity index (χ3n) is 4.72. The molecule has 7 nitrogen and oxygen atoms in total. The molecule has 0 saturated heterocycles. The van der Waals surface area contributed by atoms with Crippen molar-refractivity contribution in [1.82, 2.24) is 20.1 Å². The van der Waals surface area contributed by atoms with Crippen LogP contribution in [-0.2, 0) is 11.3 Å². The standard InChI is InChI=1S/C23H22N4O3S/c1-16-8-3-4-10-18(16)22-25-26-23(27(22)19-11-5-6-12-20(19)29-2)31-15-21(28)24-14-17-9-7-13-30-17/h3-13H,14-15H2,1-2H3,(H,24,28). The molecule has 0 aliphatic carbocycles. The summed E-state index contributed by atoms with van der Waals surface area (Å²) in [6.07, 6.45) is 1.58.